The largest absolute Gasteiger partial charge is 0.466 e. The van der Waals surface area contributed by atoms with Crippen molar-refractivity contribution in [1.29, 1.82) is 0 Å². The summed E-state index contributed by atoms with van der Waals surface area (Å²) in [5.74, 6) is -1.04. The monoisotopic (exact) mass is 575 g/mol. The highest BCUT2D eigenvalue weighted by Crippen LogP contribution is 2.21. The van der Waals surface area contributed by atoms with Gasteiger partial charge in [0.2, 0.25) is 17.7 Å². The fourth-order valence-electron chi connectivity index (χ4n) is 4.96. The fraction of sp³-hybridized carbons (Fsp3) is 0.375. The normalized spacial score (nSPS) is 15.2. The standard InChI is InChI=1S/C32H37N3O5S/c1-2-40-31(38)17-19-33(23-26-12-7-4-8-13-26)29(36)22-28-32(39)34(18-15-25-10-5-3-6-11-25)24-30(37)35(28)20-16-27-14-9-21-41-27/h3-14,21,28H,2,15-20,22-24H2,1H3. The number of hydrogen-bond acceptors (Lipinski definition) is 6. The molecule has 0 spiro atoms. The number of ether oxygens (including phenoxy) is 1. The molecule has 1 atom stereocenters. The van der Waals surface area contributed by atoms with Crippen LogP contribution < -0.4 is 0 Å². The van der Waals surface area contributed by atoms with Crippen molar-refractivity contribution in [3.63, 3.8) is 0 Å². The molecule has 1 aromatic heterocycles. The van der Waals surface area contributed by atoms with Gasteiger partial charge in [-0.2, -0.15) is 0 Å². The van der Waals surface area contributed by atoms with Crippen molar-refractivity contribution in [2.24, 2.45) is 0 Å². The molecule has 1 aliphatic rings. The van der Waals surface area contributed by atoms with Gasteiger partial charge in [0.05, 0.1) is 26.0 Å². The Morgan fingerprint density at radius 1 is 0.927 bits per heavy atom. The highest BCUT2D eigenvalue weighted by atomic mass is 32.1. The quantitative estimate of drug-likeness (QED) is 0.272. The first-order chi connectivity index (χ1) is 19.9. The molecule has 2 aromatic carbocycles. The summed E-state index contributed by atoms with van der Waals surface area (Å²) in [7, 11) is 0. The molecule has 3 aromatic rings. The van der Waals surface area contributed by atoms with E-state index in [1.54, 1.807) is 33.0 Å². The van der Waals surface area contributed by atoms with Crippen molar-refractivity contribution in [1.82, 2.24) is 14.7 Å². The van der Waals surface area contributed by atoms with Crippen LogP contribution in [0.5, 0.6) is 0 Å². The summed E-state index contributed by atoms with van der Waals surface area (Å²) in [6, 6.07) is 22.4. The average molecular weight is 576 g/mol. The highest BCUT2D eigenvalue weighted by molar-refractivity contribution is 7.09. The van der Waals surface area contributed by atoms with Crippen LogP contribution in [-0.4, -0.2) is 77.2 Å². The van der Waals surface area contributed by atoms with E-state index in [9.17, 15) is 19.2 Å². The van der Waals surface area contributed by atoms with Gasteiger partial charge in [0.25, 0.3) is 0 Å². The van der Waals surface area contributed by atoms with Gasteiger partial charge in [0, 0.05) is 31.1 Å². The highest BCUT2D eigenvalue weighted by Gasteiger charge is 2.40. The maximum Gasteiger partial charge on any atom is 0.307 e. The SMILES string of the molecule is CCOC(=O)CCN(Cc1ccccc1)C(=O)CC1C(=O)N(CCc2ccccc2)CC(=O)N1CCc1cccs1. The van der Waals surface area contributed by atoms with Gasteiger partial charge in [-0.15, -0.1) is 11.3 Å². The van der Waals surface area contributed by atoms with E-state index in [0.29, 0.717) is 32.5 Å². The molecule has 2 heterocycles. The molecule has 8 nitrogen and oxygen atoms in total. The topological polar surface area (TPSA) is 87.2 Å². The molecule has 216 valence electrons. The first-order valence-electron chi connectivity index (χ1n) is 14.1. The predicted molar refractivity (Wildman–Crippen MR) is 158 cm³/mol. The van der Waals surface area contributed by atoms with Gasteiger partial charge < -0.3 is 19.4 Å². The summed E-state index contributed by atoms with van der Waals surface area (Å²) in [5.41, 5.74) is 1.99. The predicted octanol–water partition coefficient (Wildman–Crippen LogP) is 3.94. The van der Waals surface area contributed by atoms with Gasteiger partial charge in [0.15, 0.2) is 0 Å². The maximum atomic E-state index is 13.8. The lowest BCUT2D eigenvalue weighted by atomic mass is 10.0. The molecule has 0 saturated carbocycles. The third kappa shape index (κ3) is 8.75. The number of hydrogen-bond donors (Lipinski definition) is 0. The van der Waals surface area contributed by atoms with Crippen molar-refractivity contribution in [3.05, 3.63) is 94.2 Å². The molecule has 1 saturated heterocycles. The molecule has 3 amide bonds. The molecule has 0 N–H and O–H groups in total. The van der Waals surface area contributed by atoms with E-state index >= 15 is 0 Å². The van der Waals surface area contributed by atoms with E-state index in [2.05, 4.69) is 0 Å². The van der Waals surface area contributed by atoms with Gasteiger partial charge in [-0.3, -0.25) is 19.2 Å². The number of rotatable bonds is 14. The van der Waals surface area contributed by atoms with Crippen LogP contribution in [0.1, 0.15) is 35.8 Å². The Kier molecular flexibility index (Phi) is 11.1. The Balaban J connectivity index is 1.52. The number of benzene rings is 2. The van der Waals surface area contributed by atoms with Crippen molar-refractivity contribution in [2.45, 2.75) is 45.2 Å². The summed E-state index contributed by atoms with van der Waals surface area (Å²) in [6.45, 7) is 3.21. The minimum Gasteiger partial charge on any atom is -0.466 e. The van der Waals surface area contributed by atoms with E-state index in [4.69, 9.17) is 4.74 Å². The van der Waals surface area contributed by atoms with E-state index in [0.717, 1.165) is 16.0 Å². The second kappa shape index (κ2) is 15.1. The first kappa shape index (κ1) is 30.0. The average Bonchev–Trinajstić information content (AvgIpc) is 3.51. The van der Waals surface area contributed by atoms with Crippen LogP contribution in [0.25, 0.3) is 0 Å². The fourth-order valence-corrected chi connectivity index (χ4v) is 5.66. The Labute approximate surface area is 245 Å². The van der Waals surface area contributed by atoms with Crippen LogP contribution in [0, 0.1) is 0 Å². The van der Waals surface area contributed by atoms with E-state index in [1.807, 2.05) is 78.2 Å². The third-order valence-corrected chi connectivity index (χ3v) is 8.08. The maximum absolute atomic E-state index is 13.8. The Morgan fingerprint density at radius 2 is 1.63 bits per heavy atom. The van der Waals surface area contributed by atoms with Gasteiger partial charge in [-0.25, -0.2) is 0 Å². The minimum absolute atomic E-state index is 0.00259. The zero-order valence-electron chi connectivity index (χ0n) is 23.4. The number of amides is 3. The molecular weight excluding hydrogens is 538 g/mol. The minimum atomic E-state index is -0.902. The summed E-state index contributed by atoms with van der Waals surface area (Å²) in [6.07, 6.45) is 1.14. The van der Waals surface area contributed by atoms with Gasteiger partial charge >= 0.3 is 5.97 Å². The van der Waals surface area contributed by atoms with Crippen LogP contribution in [0.2, 0.25) is 0 Å². The van der Waals surface area contributed by atoms with E-state index in [1.165, 1.54) is 0 Å². The second-order valence-electron chi connectivity index (χ2n) is 9.99. The van der Waals surface area contributed by atoms with Gasteiger partial charge in [0.1, 0.15) is 6.04 Å². The molecule has 0 aliphatic carbocycles. The smallest absolute Gasteiger partial charge is 0.307 e. The van der Waals surface area contributed by atoms with Gasteiger partial charge in [-0.05, 0) is 42.3 Å². The molecule has 4 rings (SSSR count). The lowest BCUT2D eigenvalue weighted by Crippen LogP contribution is -2.61. The number of thiophene rings is 1. The summed E-state index contributed by atoms with van der Waals surface area (Å²) in [4.78, 5) is 59.0. The Morgan fingerprint density at radius 3 is 2.29 bits per heavy atom. The van der Waals surface area contributed by atoms with Crippen LogP contribution in [0.4, 0.5) is 0 Å². The van der Waals surface area contributed by atoms with Crippen LogP contribution >= 0.6 is 11.3 Å². The number of esters is 1. The summed E-state index contributed by atoms with van der Waals surface area (Å²) >= 11 is 1.60. The number of nitrogens with zero attached hydrogens (tertiary/aromatic N) is 3. The molecule has 1 fully saturated rings. The number of carbonyl (C=O) groups is 4. The molecule has 41 heavy (non-hydrogen) atoms. The molecule has 1 unspecified atom stereocenters. The molecule has 1 aliphatic heterocycles. The van der Waals surface area contributed by atoms with Crippen LogP contribution in [0.3, 0.4) is 0 Å². The lowest BCUT2D eigenvalue weighted by Gasteiger charge is -2.40. The Hall–Kier alpha value is -3.98. The summed E-state index contributed by atoms with van der Waals surface area (Å²) < 4.78 is 5.08. The third-order valence-electron chi connectivity index (χ3n) is 7.14. The molecular formula is C32H37N3O5S. The number of piperazine rings is 1. The molecule has 9 heteroatoms. The first-order valence-corrected chi connectivity index (χ1v) is 14.9. The zero-order valence-corrected chi connectivity index (χ0v) is 24.3. The van der Waals surface area contributed by atoms with Crippen LogP contribution in [-0.2, 0) is 43.3 Å². The lowest BCUT2D eigenvalue weighted by molar-refractivity contribution is -0.158. The summed E-state index contributed by atoms with van der Waals surface area (Å²) in [5, 5.41) is 1.98. The molecule has 0 bridgehead atoms. The van der Waals surface area contributed by atoms with Gasteiger partial charge in [-0.1, -0.05) is 66.7 Å². The van der Waals surface area contributed by atoms with E-state index in [-0.39, 0.29) is 56.2 Å². The number of carbonyl (C=O) groups excluding carboxylic acids is 4. The van der Waals surface area contributed by atoms with Crippen molar-refractivity contribution in [3.8, 4) is 0 Å². The van der Waals surface area contributed by atoms with E-state index < -0.39 is 6.04 Å². The van der Waals surface area contributed by atoms with Crippen LogP contribution in [0.15, 0.2) is 78.2 Å². The van der Waals surface area contributed by atoms with Crippen molar-refractivity contribution in [2.75, 3.05) is 32.8 Å². The van der Waals surface area contributed by atoms with Crippen molar-refractivity contribution >= 4 is 35.0 Å². The Bertz CT molecular complexity index is 1280. The van der Waals surface area contributed by atoms with Crippen molar-refractivity contribution < 1.29 is 23.9 Å². The molecule has 0 radical (unpaired) electrons. The zero-order chi connectivity index (χ0) is 29.0. The second-order valence-corrected chi connectivity index (χ2v) is 11.0.